The number of unbranched alkanes of at least 4 members (excludes halogenated alkanes) is 12. The van der Waals surface area contributed by atoms with Gasteiger partial charge in [0.1, 0.15) is 6.10 Å². The summed E-state index contributed by atoms with van der Waals surface area (Å²) >= 11 is 0. The monoisotopic (exact) mass is 431 g/mol. The smallest absolute Gasteiger partial charge is 0.307 e. The van der Waals surface area contributed by atoms with E-state index in [4.69, 9.17) is 0 Å². The van der Waals surface area contributed by atoms with E-state index >= 15 is 0 Å². The molecule has 3 nitrogen and oxygen atoms in total. The maximum atomic E-state index is 12.1. The molecule has 0 bridgehead atoms. The summed E-state index contributed by atoms with van der Waals surface area (Å²) in [4.78, 5) is 11.4. The van der Waals surface area contributed by atoms with Crippen LogP contribution in [-0.2, 0) is 9.90 Å². The van der Waals surface area contributed by atoms with Gasteiger partial charge in [-0.15, -0.1) is 0 Å². The van der Waals surface area contributed by atoms with Crippen molar-refractivity contribution in [3.8, 4) is 0 Å². The van der Waals surface area contributed by atoms with Crippen molar-refractivity contribution in [3.05, 3.63) is 35.9 Å². The van der Waals surface area contributed by atoms with E-state index in [1.165, 1.54) is 64.2 Å². The van der Waals surface area contributed by atoms with Crippen molar-refractivity contribution in [2.45, 2.75) is 123 Å². The molecule has 1 radical (unpaired) electrons. The largest absolute Gasteiger partial charge is 0.481 e. The van der Waals surface area contributed by atoms with Gasteiger partial charge in [-0.2, -0.15) is 0 Å². The Morgan fingerprint density at radius 2 is 1.10 bits per heavy atom. The van der Waals surface area contributed by atoms with Crippen molar-refractivity contribution in [1.29, 1.82) is 0 Å². The van der Waals surface area contributed by atoms with Crippen molar-refractivity contribution < 1.29 is 15.0 Å². The number of rotatable bonds is 18. The molecule has 1 aromatic rings. The lowest BCUT2D eigenvalue weighted by Crippen LogP contribution is -2.28. The van der Waals surface area contributed by atoms with Crippen LogP contribution >= 0.6 is 0 Å². The van der Waals surface area contributed by atoms with Gasteiger partial charge in [0.05, 0.1) is 5.92 Å². The van der Waals surface area contributed by atoms with E-state index in [1.54, 1.807) is 0 Å². The molecular weight excluding hydrogens is 384 g/mol. The van der Waals surface area contributed by atoms with Gasteiger partial charge in [0, 0.05) is 0 Å². The molecule has 1 aromatic carbocycles. The minimum absolute atomic E-state index is 0.146. The van der Waals surface area contributed by atoms with Crippen LogP contribution in [0.25, 0.3) is 0 Å². The first-order chi connectivity index (χ1) is 14.8. The zero-order valence-corrected chi connectivity index (χ0v) is 20.4. The van der Waals surface area contributed by atoms with Crippen LogP contribution in [0.15, 0.2) is 30.3 Å². The van der Waals surface area contributed by atoms with E-state index in [2.05, 4.69) is 0 Å². The minimum Gasteiger partial charge on any atom is -0.481 e. The van der Waals surface area contributed by atoms with Crippen LogP contribution in [0.2, 0.25) is 0 Å². The second-order valence-corrected chi connectivity index (χ2v) is 10.3. The van der Waals surface area contributed by atoms with Crippen molar-refractivity contribution in [3.63, 3.8) is 0 Å². The van der Waals surface area contributed by atoms with Gasteiger partial charge in [0.2, 0.25) is 0 Å². The number of carbonyl (C=O) groups is 1. The highest BCUT2D eigenvalue weighted by Crippen LogP contribution is 2.30. The lowest BCUT2D eigenvalue weighted by molar-refractivity contribution is -0.145. The molecule has 2 unspecified atom stereocenters. The van der Waals surface area contributed by atoms with E-state index in [1.807, 2.05) is 51.1 Å². The molecule has 0 heterocycles. The number of hydrogen-bond donors (Lipinski definition) is 1. The van der Waals surface area contributed by atoms with Gasteiger partial charge in [0.25, 0.3) is 0 Å². The van der Waals surface area contributed by atoms with Gasteiger partial charge in [-0.05, 0) is 23.8 Å². The first-order valence-corrected chi connectivity index (χ1v) is 12.8. The van der Waals surface area contributed by atoms with Crippen LogP contribution in [0.1, 0.15) is 129 Å². The second kappa shape index (κ2) is 16.3. The summed E-state index contributed by atoms with van der Waals surface area (Å²) in [6.45, 7) is 6.08. The fourth-order valence-corrected chi connectivity index (χ4v) is 4.38. The van der Waals surface area contributed by atoms with Crippen LogP contribution in [0, 0.1) is 11.3 Å². The highest BCUT2D eigenvalue weighted by Gasteiger charge is 2.30. The zero-order valence-electron chi connectivity index (χ0n) is 20.4. The highest BCUT2D eigenvalue weighted by molar-refractivity contribution is 5.70. The van der Waals surface area contributed by atoms with Crippen LogP contribution in [-0.4, -0.2) is 11.1 Å². The maximum absolute atomic E-state index is 12.1. The summed E-state index contributed by atoms with van der Waals surface area (Å²) in [7, 11) is 0. The van der Waals surface area contributed by atoms with Crippen LogP contribution < -0.4 is 0 Å². The molecule has 1 rings (SSSR count). The SMILES string of the molecule is CC(C)(C)C(CCCCCCCCCCCCCCCC([O])c1ccccc1)C(=O)O. The Morgan fingerprint density at radius 3 is 1.48 bits per heavy atom. The molecule has 31 heavy (non-hydrogen) atoms. The first-order valence-electron chi connectivity index (χ1n) is 12.8. The van der Waals surface area contributed by atoms with Crippen molar-refractivity contribution in [1.82, 2.24) is 0 Å². The molecule has 0 saturated carbocycles. The highest BCUT2D eigenvalue weighted by atomic mass is 16.4. The summed E-state index contributed by atoms with van der Waals surface area (Å²) in [5, 5.41) is 21.5. The molecule has 1 N–H and O–H groups in total. The van der Waals surface area contributed by atoms with Crippen molar-refractivity contribution >= 4 is 5.97 Å². The van der Waals surface area contributed by atoms with Gasteiger partial charge >= 0.3 is 5.97 Å². The van der Waals surface area contributed by atoms with Crippen molar-refractivity contribution in [2.75, 3.05) is 0 Å². The Kier molecular flexibility index (Phi) is 14.6. The molecular formula is C28H47O3. The van der Waals surface area contributed by atoms with E-state index in [0.717, 1.165) is 37.7 Å². The topological polar surface area (TPSA) is 57.2 Å². The standard InChI is InChI=1S/C28H47O3/c1-28(2,3)25(27(30)31)22-18-13-11-9-7-5-4-6-8-10-12-14-19-23-26(29)24-20-16-15-17-21-24/h15-17,20-21,25-26H,4-14,18-19,22-23H2,1-3H3,(H,30,31). The first kappa shape index (κ1) is 27.7. The van der Waals surface area contributed by atoms with Crippen molar-refractivity contribution in [2.24, 2.45) is 11.3 Å². The van der Waals surface area contributed by atoms with Crippen LogP contribution in [0.3, 0.4) is 0 Å². The Labute approximate surface area is 191 Å². The molecule has 0 aliphatic rings. The summed E-state index contributed by atoms with van der Waals surface area (Å²) in [6, 6.07) is 9.75. The predicted molar refractivity (Wildman–Crippen MR) is 130 cm³/mol. The predicted octanol–water partition coefficient (Wildman–Crippen LogP) is 8.76. The molecule has 0 aliphatic carbocycles. The number of carboxylic acid groups (broad SMARTS) is 1. The molecule has 2 atom stereocenters. The molecule has 0 aromatic heterocycles. The normalized spacial score (nSPS) is 13.8. The molecule has 0 spiro atoms. The van der Waals surface area contributed by atoms with Gasteiger partial charge < -0.3 is 5.11 Å². The molecule has 177 valence electrons. The van der Waals surface area contributed by atoms with Crippen LogP contribution in [0.5, 0.6) is 0 Å². The molecule has 3 heteroatoms. The van der Waals surface area contributed by atoms with E-state index in [9.17, 15) is 15.0 Å². The number of carboxylic acids is 1. The molecule has 0 amide bonds. The fraction of sp³-hybridized carbons (Fsp3) is 0.750. The van der Waals surface area contributed by atoms with Gasteiger partial charge in [-0.25, -0.2) is 5.11 Å². The molecule has 0 aliphatic heterocycles. The summed E-state index contributed by atoms with van der Waals surface area (Å²) < 4.78 is 0. The van der Waals surface area contributed by atoms with Gasteiger partial charge in [0.15, 0.2) is 0 Å². The zero-order chi connectivity index (χ0) is 23.0. The summed E-state index contributed by atoms with van der Waals surface area (Å²) in [6.07, 6.45) is 17.1. The Hall–Kier alpha value is -1.35. The number of hydrogen-bond acceptors (Lipinski definition) is 1. The average Bonchev–Trinajstić information content (AvgIpc) is 2.72. The Morgan fingerprint density at radius 1 is 0.710 bits per heavy atom. The second-order valence-electron chi connectivity index (χ2n) is 10.3. The van der Waals surface area contributed by atoms with E-state index < -0.39 is 12.1 Å². The number of aliphatic carboxylic acids is 1. The third-order valence-electron chi connectivity index (χ3n) is 6.47. The van der Waals surface area contributed by atoms with E-state index in [0.29, 0.717) is 0 Å². The lowest BCUT2D eigenvalue weighted by atomic mass is 9.78. The fourth-order valence-electron chi connectivity index (χ4n) is 4.38. The third-order valence-corrected chi connectivity index (χ3v) is 6.47. The van der Waals surface area contributed by atoms with Crippen LogP contribution in [0.4, 0.5) is 0 Å². The lowest BCUT2D eigenvalue weighted by Gasteiger charge is -2.26. The summed E-state index contributed by atoms with van der Waals surface area (Å²) in [5.41, 5.74) is 0.781. The maximum Gasteiger partial charge on any atom is 0.307 e. The van der Waals surface area contributed by atoms with E-state index in [-0.39, 0.29) is 11.3 Å². The molecule has 0 fully saturated rings. The summed E-state index contributed by atoms with van der Waals surface area (Å²) in [5.74, 6) is -0.868. The molecule has 0 saturated heterocycles. The average molecular weight is 432 g/mol. The Bertz CT molecular complexity index is 561. The Balaban J connectivity index is 1.85. The third kappa shape index (κ3) is 13.6. The number of benzene rings is 1. The van der Waals surface area contributed by atoms with Gasteiger partial charge in [-0.1, -0.05) is 135 Å². The minimum atomic E-state index is -0.644. The van der Waals surface area contributed by atoms with Gasteiger partial charge in [-0.3, -0.25) is 4.79 Å². The quantitative estimate of drug-likeness (QED) is 0.236.